The van der Waals surface area contributed by atoms with Crippen LogP contribution in [0.25, 0.3) is 11.2 Å². The first-order valence-corrected chi connectivity index (χ1v) is 18.0. The molecule has 0 radical (unpaired) electrons. The molecule has 0 aromatic carbocycles. The lowest BCUT2D eigenvalue weighted by atomic mass is 10.1. The number of aliphatic hydroxyl groups excluding tert-OH is 3. The van der Waals surface area contributed by atoms with Crippen molar-refractivity contribution in [2.75, 3.05) is 25.5 Å². The standard InChI is InChI=1S/C21H29N6O18P3/c22-17-12-18(24-7-23-17)27(8-25-12)20-16(44-46(33,34)35)14(29)11(43-20)6-41-48(38,39)45-47(36,37)40-5-10-13(28)15(30)19(42-10)26-3-1-2-9(4-26)21(31)32/h1-3,7-8,10-11,13-16,19-20,28-30H,4-6H2,(H,31,32)(H,36,37)(H,38,39)(H2,22,23,24)(H2,33,34,35)/p+1. The van der Waals surface area contributed by atoms with Crippen LogP contribution in [0.1, 0.15) is 6.23 Å². The van der Waals surface area contributed by atoms with E-state index in [2.05, 4.69) is 28.3 Å². The molecule has 2 aromatic rings. The van der Waals surface area contributed by atoms with Gasteiger partial charge in [-0.3, -0.25) is 23.0 Å². The maximum atomic E-state index is 12.6. The van der Waals surface area contributed by atoms with Gasteiger partial charge in [0.2, 0.25) is 6.23 Å². The van der Waals surface area contributed by atoms with Gasteiger partial charge in [-0.2, -0.15) is 4.31 Å². The van der Waals surface area contributed by atoms with Crippen LogP contribution in [0.4, 0.5) is 5.82 Å². The summed E-state index contributed by atoms with van der Waals surface area (Å²) in [5.74, 6) is -1.27. The lowest BCUT2D eigenvalue weighted by molar-refractivity contribution is -0.898. The van der Waals surface area contributed by atoms with Gasteiger partial charge in [0.15, 0.2) is 23.8 Å². The van der Waals surface area contributed by atoms with Crippen LogP contribution in [-0.2, 0) is 45.8 Å². The highest BCUT2D eigenvalue weighted by Crippen LogP contribution is 2.61. The number of phosphoric acid groups is 3. The molecule has 5 heterocycles. The third kappa shape index (κ3) is 8.24. The Morgan fingerprint density at radius 1 is 0.979 bits per heavy atom. The number of aliphatic hydroxyl groups is 3. The van der Waals surface area contributed by atoms with Crippen molar-refractivity contribution in [1.82, 2.24) is 19.5 Å². The quantitative estimate of drug-likeness (QED) is 0.0880. The summed E-state index contributed by atoms with van der Waals surface area (Å²) in [6.45, 7) is -2.16. The van der Waals surface area contributed by atoms with Gasteiger partial charge in [0, 0.05) is 0 Å². The third-order valence-corrected chi connectivity index (χ3v) is 10.4. The minimum atomic E-state index is -5.53. The first-order chi connectivity index (χ1) is 22.4. The Hall–Kier alpha value is -2.57. The normalized spacial score (nSPS) is 33.4. The van der Waals surface area contributed by atoms with E-state index in [0.29, 0.717) is 0 Å². The zero-order chi connectivity index (χ0) is 35.2. The lowest BCUT2D eigenvalue weighted by Gasteiger charge is -2.25. The second-order valence-corrected chi connectivity index (χ2v) is 14.7. The fourth-order valence-electron chi connectivity index (χ4n) is 5.08. The highest BCUT2D eigenvalue weighted by molar-refractivity contribution is 7.61. The minimum absolute atomic E-state index is 0.000888. The van der Waals surface area contributed by atoms with Crippen molar-refractivity contribution in [3.8, 4) is 0 Å². The van der Waals surface area contributed by atoms with E-state index in [0.717, 1.165) is 17.2 Å². The molecule has 48 heavy (non-hydrogen) atoms. The number of ether oxygens (including phenoxy) is 2. The van der Waals surface area contributed by atoms with Gasteiger partial charge in [0.1, 0.15) is 48.9 Å². The van der Waals surface area contributed by atoms with Gasteiger partial charge in [-0.15, -0.1) is 0 Å². The fraction of sp³-hybridized carbons (Fsp3) is 0.524. The molecule has 3 aliphatic heterocycles. The number of imidazole rings is 1. The molecule has 27 heteroatoms. The van der Waals surface area contributed by atoms with Crippen LogP contribution >= 0.6 is 23.5 Å². The molecule has 0 bridgehead atoms. The molecule has 3 aliphatic rings. The predicted molar refractivity (Wildman–Crippen MR) is 151 cm³/mol. The van der Waals surface area contributed by atoms with Crippen LogP contribution in [0.15, 0.2) is 36.6 Å². The SMILES string of the molecule is Nc1ncnc2c1ncn2C1OC(COP(=O)(O)OP(=O)(O)OCC2OC([NH+]3C=CC=C(C(=O)O)C3)C(O)C2O)C(O)C1OP(=O)(O)O. The lowest BCUT2D eigenvalue weighted by Crippen LogP contribution is -3.13. The van der Waals surface area contributed by atoms with E-state index in [4.69, 9.17) is 19.7 Å². The number of quaternary nitrogens is 1. The summed E-state index contributed by atoms with van der Waals surface area (Å²) < 4.78 is 67.2. The van der Waals surface area contributed by atoms with E-state index in [9.17, 15) is 58.5 Å². The van der Waals surface area contributed by atoms with Crippen molar-refractivity contribution in [1.29, 1.82) is 0 Å². The summed E-state index contributed by atoms with van der Waals surface area (Å²) in [4.78, 5) is 62.3. The Bertz CT molecular complexity index is 1730. The molecule has 2 saturated heterocycles. The van der Waals surface area contributed by atoms with Crippen LogP contribution in [0.3, 0.4) is 0 Å². The molecule has 11 atom stereocenters. The molecule has 2 fully saturated rings. The molecule has 0 spiro atoms. The second kappa shape index (κ2) is 14.0. The molecule has 266 valence electrons. The topological polar surface area (TPSA) is 360 Å². The van der Waals surface area contributed by atoms with Crippen molar-refractivity contribution in [3.05, 3.63) is 36.6 Å². The molecule has 24 nitrogen and oxygen atoms in total. The number of nitrogens with two attached hydrogens (primary N) is 1. The Morgan fingerprint density at radius 3 is 2.25 bits per heavy atom. The highest BCUT2D eigenvalue weighted by atomic mass is 31.3. The highest BCUT2D eigenvalue weighted by Gasteiger charge is 2.51. The molecule has 2 aromatic heterocycles. The van der Waals surface area contributed by atoms with E-state index < -0.39 is 91.7 Å². The van der Waals surface area contributed by atoms with Gasteiger partial charge in [-0.25, -0.2) is 33.4 Å². The summed E-state index contributed by atoms with van der Waals surface area (Å²) in [6.07, 6.45) is -6.68. The molecule has 5 rings (SSSR count). The number of aliphatic carboxylic acids is 1. The Balaban J connectivity index is 1.19. The average molecular weight is 747 g/mol. The van der Waals surface area contributed by atoms with Gasteiger partial charge in [0.05, 0.1) is 31.3 Å². The van der Waals surface area contributed by atoms with Crippen LogP contribution in [-0.4, -0.2) is 128 Å². The van der Waals surface area contributed by atoms with E-state index in [1.165, 1.54) is 18.4 Å². The molecule has 0 saturated carbocycles. The smallest absolute Gasteiger partial charge is 0.478 e. The van der Waals surface area contributed by atoms with Crippen LogP contribution in [0, 0.1) is 0 Å². The largest absolute Gasteiger partial charge is 0.481 e. The van der Waals surface area contributed by atoms with Gasteiger partial charge in [-0.1, -0.05) is 0 Å². The van der Waals surface area contributed by atoms with E-state index in [1.54, 1.807) is 0 Å². The number of hydrogen-bond donors (Lipinski definition) is 10. The maximum absolute atomic E-state index is 12.6. The molecule has 0 amide bonds. The number of nitrogen functional groups attached to an aromatic ring is 1. The number of anilines is 1. The molecular formula is C21H30N6O18P3+. The minimum Gasteiger partial charge on any atom is -0.478 e. The zero-order valence-corrected chi connectivity index (χ0v) is 26.7. The summed E-state index contributed by atoms with van der Waals surface area (Å²) in [5, 5.41) is 40.7. The number of nitrogens with one attached hydrogen (secondary N) is 1. The number of carboxylic acids is 1. The number of fused-ring (bicyclic) bond motifs is 1. The van der Waals surface area contributed by atoms with Crippen molar-refractivity contribution in [3.63, 3.8) is 0 Å². The van der Waals surface area contributed by atoms with E-state index >= 15 is 0 Å². The van der Waals surface area contributed by atoms with Crippen molar-refractivity contribution in [2.45, 2.75) is 49.1 Å². The molecule has 11 N–H and O–H groups in total. The Kier molecular flexibility index (Phi) is 10.7. The third-order valence-electron chi connectivity index (χ3n) is 7.25. The van der Waals surface area contributed by atoms with Crippen molar-refractivity contribution in [2.24, 2.45) is 0 Å². The summed E-state index contributed by atoms with van der Waals surface area (Å²) in [6, 6.07) is 0. The van der Waals surface area contributed by atoms with Crippen molar-refractivity contribution < 1.29 is 90.7 Å². The monoisotopic (exact) mass is 747 g/mol. The number of allylic oxidation sites excluding steroid dienone is 2. The Morgan fingerprint density at radius 2 is 1.62 bits per heavy atom. The van der Waals surface area contributed by atoms with Crippen LogP contribution in [0.5, 0.6) is 0 Å². The molecule has 0 aliphatic carbocycles. The number of carbonyl (C=O) groups is 1. The van der Waals surface area contributed by atoms with E-state index in [-0.39, 0.29) is 34.0 Å². The van der Waals surface area contributed by atoms with E-state index in [1.807, 2.05) is 0 Å². The van der Waals surface area contributed by atoms with Crippen LogP contribution in [0.2, 0.25) is 0 Å². The zero-order valence-electron chi connectivity index (χ0n) is 24.0. The van der Waals surface area contributed by atoms with Gasteiger partial charge in [-0.05, 0) is 12.2 Å². The first kappa shape index (κ1) is 36.7. The van der Waals surface area contributed by atoms with Crippen LogP contribution < -0.4 is 10.6 Å². The number of nitrogens with zero attached hydrogens (tertiary/aromatic N) is 4. The van der Waals surface area contributed by atoms with Gasteiger partial charge < -0.3 is 55.2 Å². The summed E-state index contributed by atoms with van der Waals surface area (Å²) >= 11 is 0. The summed E-state index contributed by atoms with van der Waals surface area (Å²) in [5.41, 5.74) is 5.80. The van der Waals surface area contributed by atoms with Gasteiger partial charge >= 0.3 is 29.4 Å². The number of rotatable bonds is 13. The second-order valence-electron chi connectivity index (χ2n) is 10.5. The number of carboxylic acid groups (broad SMARTS) is 1. The molecular weight excluding hydrogens is 717 g/mol. The molecule has 11 unspecified atom stereocenters. The first-order valence-electron chi connectivity index (χ1n) is 13.5. The predicted octanol–water partition coefficient (Wildman–Crippen LogP) is -3.73. The number of aromatic nitrogens is 4. The number of hydrogen-bond acceptors (Lipinski definition) is 17. The van der Waals surface area contributed by atoms with Gasteiger partial charge in [0.25, 0.3) is 0 Å². The number of phosphoric ester groups is 3. The maximum Gasteiger partial charge on any atom is 0.481 e. The Labute approximate surface area is 268 Å². The average Bonchev–Trinajstić information content (AvgIpc) is 3.64. The van der Waals surface area contributed by atoms with Crippen molar-refractivity contribution >= 4 is 46.4 Å². The fourth-order valence-corrected chi connectivity index (χ4v) is 7.72. The summed E-state index contributed by atoms with van der Waals surface area (Å²) in [7, 11) is -16.3.